The highest BCUT2D eigenvalue weighted by Crippen LogP contribution is 2.15. The van der Waals surface area contributed by atoms with Gasteiger partial charge in [-0.2, -0.15) is 11.8 Å². The molecule has 0 radical (unpaired) electrons. The summed E-state index contributed by atoms with van der Waals surface area (Å²) in [4.78, 5) is 16.0. The normalized spacial score (nSPS) is 10.3. The number of aromatic nitrogens is 1. The van der Waals surface area contributed by atoms with E-state index in [0.29, 0.717) is 42.6 Å². The third-order valence-electron chi connectivity index (χ3n) is 3.32. The number of thioether (sulfide) groups is 1. The molecule has 0 aliphatic carbocycles. The van der Waals surface area contributed by atoms with Crippen LogP contribution in [0.4, 0.5) is 9.18 Å². The van der Waals surface area contributed by atoms with Crippen LogP contribution in [0.15, 0.2) is 42.6 Å². The van der Waals surface area contributed by atoms with Crippen molar-refractivity contribution in [1.82, 2.24) is 15.6 Å². The number of halogens is 1. The van der Waals surface area contributed by atoms with Crippen molar-refractivity contribution >= 4 is 17.8 Å². The largest absolute Gasteiger partial charge is 0.478 e. The Morgan fingerprint density at radius 2 is 2.00 bits per heavy atom. The molecule has 1 aromatic carbocycles. The van der Waals surface area contributed by atoms with Gasteiger partial charge in [0.1, 0.15) is 5.82 Å². The summed E-state index contributed by atoms with van der Waals surface area (Å²) in [5.74, 6) is 1.63. The minimum absolute atomic E-state index is 0.192. The Morgan fingerprint density at radius 3 is 2.80 bits per heavy atom. The van der Waals surface area contributed by atoms with Gasteiger partial charge in [0.15, 0.2) is 0 Å². The molecule has 0 unspecified atom stereocenters. The van der Waals surface area contributed by atoms with Crippen molar-refractivity contribution in [2.75, 3.05) is 18.9 Å². The van der Waals surface area contributed by atoms with Gasteiger partial charge in [0.2, 0.25) is 5.88 Å². The fourth-order valence-electron chi connectivity index (χ4n) is 2.10. The predicted octanol–water partition coefficient (Wildman–Crippen LogP) is 3.35. The summed E-state index contributed by atoms with van der Waals surface area (Å²) in [6.45, 7) is 3.26. The van der Waals surface area contributed by atoms with Gasteiger partial charge in [-0.15, -0.1) is 0 Å². The Balaban J connectivity index is 1.64. The quantitative estimate of drug-likeness (QED) is 0.671. The second-order valence-corrected chi connectivity index (χ2v) is 6.26. The van der Waals surface area contributed by atoms with Crippen LogP contribution in [0, 0.1) is 5.82 Å². The molecule has 0 spiro atoms. The van der Waals surface area contributed by atoms with Crippen LogP contribution in [0.5, 0.6) is 5.88 Å². The average Bonchev–Trinajstić information content (AvgIpc) is 2.62. The van der Waals surface area contributed by atoms with Crippen LogP contribution >= 0.6 is 11.8 Å². The van der Waals surface area contributed by atoms with Crippen molar-refractivity contribution in [3.63, 3.8) is 0 Å². The molecule has 0 fully saturated rings. The minimum atomic E-state index is -0.252. The van der Waals surface area contributed by atoms with Crippen molar-refractivity contribution in [2.24, 2.45) is 0 Å². The third-order valence-corrected chi connectivity index (χ3v) is 4.33. The van der Waals surface area contributed by atoms with Crippen LogP contribution < -0.4 is 15.4 Å². The first-order valence-corrected chi connectivity index (χ1v) is 9.25. The topological polar surface area (TPSA) is 63.2 Å². The summed E-state index contributed by atoms with van der Waals surface area (Å²) in [5, 5.41) is 5.56. The Morgan fingerprint density at radius 1 is 1.20 bits per heavy atom. The van der Waals surface area contributed by atoms with Crippen LogP contribution in [0.25, 0.3) is 0 Å². The second kappa shape index (κ2) is 10.6. The molecule has 2 aromatic rings. The van der Waals surface area contributed by atoms with E-state index in [1.165, 1.54) is 6.07 Å². The Kier molecular flexibility index (Phi) is 8.04. The third kappa shape index (κ3) is 6.62. The molecule has 0 aliphatic heterocycles. The number of nitrogens with zero attached hydrogens (tertiary/aromatic N) is 1. The molecule has 0 bridgehead atoms. The van der Waals surface area contributed by atoms with E-state index in [1.54, 1.807) is 36.2 Å². The van der Waals surface area contributed by atoms with Crippen molar-refractivity contribution in [2.45, 2.75) is 19.2 Å². The van der Waals surface area contributed by atoms with E-state index in [2.05, 4.69) is 15.6 Å². The number of hydrogen-bond acceptors (Lipinski definition) is 4. The molecule has 134 valence electrons. The average molecular weight is 363 g/mol. The summed E-state index contributed by atoms with van der Waals surface area (Å²) < 4.78 is 18.9. The molecule has 0 saturated carbocycles. The standard InChI is InChI=1S/C18H22FN3O2S/c1-2-24-17-14(7-5-9-20-17)12-22-18(23)21-10-11-25-13-15-6-3-4-8-16(15)19/h3-9H,2,10-13H2,1H3,(H2,21,22,23). The molecule has 2 N–H and O–H groups in total. The summed E-state index contributed by atoms with van der Waals surface area (Å²) in [7, 11) is 0. The Bertz CT molecular complexity index is 685. The van der Waals surface area contributed by atoms with Gasteiger partial charge in [-0.1, -0.05) is 24.3 Å². The number of urea groups is 1. The highest BCUT2D eigenvalue weighted by molar-refractivity contribution is 7.98. The van der Waals surface area contributed by atoms with Gasteiger partial charge >= 0.3 is 6.03 Å². The fourth-order valence-corrected chi connectivity index (χ4v) is 2.94. The van der Waals surface area contributed by atoms with Gasteiger partial charge in [-0.3, -0.25) is 0 Å². The van der Waals surface area contributed by atoms with Gasteiger partial charge in [0.05, 0.1) is 6.61 Å². The highest BCUT2D eigenvalue weighted by Gasteiger charge is 2.06. The lowest BCUT2D eigenvalue weighted by molar-refractivity contribution is 0.241. The molecule has 5 nitrogen and oxygen atoms in total. The van der Waals surface area contributed by atoms with Gasteiger partial charge in [-0.05, 0) is 24.6 Å². The smallest absolute Gasteiger partial charge is 0.315 e. The first kappa shape index (κ1) is 19.1. The maximum absolute atomic E-state index is 13.5. The van der Waals surface area contributed by atoms with Crippen LogP contribution in [-0.2, 0) is 12.3 Å². The molecular weight excluding hydrogens is 341 g/mol. The number of carbonyl (C=O) groups is 1. The summed E-state index contributed by atoms with van der Waals surface area (Å²) in [5.41, 5.74) is 1.51. The number of hydrogen-bond donors (Lipinski definition) is 2. The van der Waals surface area contributed by atoms with Crippen molar-refractivity contribution < 1.29 is 13.9 Å². The molecule has 1 heterocycles. The van der Waals surface area contributed by atoms with E-state index in [9.17, 15) is 9.18 Å². The SMILES string of the molecule is CCOc1ncccc1CNC(=O)NCCSCc1ccccc1F. The Labute approximate surface area is 151 Å². The van der Waals surface area contributed by atoms with Crippen LogP contribution in [0.3, 0.4) is 0 Å². The number of ether oxygens (including phenoxy) is 1. The van der Waals surface area contributed by atoms with E-state index >= 15 is 0 Å². The van der Waals surface area contributed by atoms with Gasteiger partial charge < -0.3 is 15.4 Å². The molecular formula is C18H22FN3O2S. The molecule has 25 heavy (non-hydrogen) atoms. The van der Waals surface area contributed by atoms with Crippen molar-refractivity contribution in [3.05, 3.63) is 59.5 Å². The van der Waals surface area contributed by atoms with Gasteiger partial charge in [0, 0.05) is 36.4 Å². The lowest BCUT2D eigenvalue weighted by Gasteiger charge is -2.10. The summed E-state index contributed by atoms with van der Waals surface area (Å²) in [6, 6.07) is 10.1. The van der Waals surface area contributed by atoms with Crippen LogP contribution in [0.2, 0.25) is 0 Å². The van der Waals surface area contributed by atoms with E-state index < -0.39 is 0 Å². The van der Waals surface area contributed by atoms with Crippen LogP contribution in [-0.4, -0.2) is 29.9 Å². The number of pyridine rings is 1. The van der Waals surface area contributed by atoms with Crippen molar-refractivity contribution in [3.8, 4) is 5.88 Å². The van der Waals surface area contributed by atoms with Crippen LogP contribution in [0.1, 0.15) is 18.1 Å². The molecule has 2 amide bonds. The summed E-state index contributed by atoms with van der Waals surface area (Å²) >= 11 is 1.57. The molecule has 1 aromatic heterocycles. The fraction of sp³-hybridized carbons (Fsp3) is 0.333. The first-order valence-electron chi connectivity index (χ1n) is 8.10. The number of rotatable bonds is 9. The van der Waals surface area contributed by atoms with E-state index in [1.807, 2.05) is 19.1 Å². The highest BCUT2D eigenvalue weighted by atomic mass is 32.2. The number of carbonyl (C=O) groups excluding carboxylic acids is 1. The monoisotopic (exact) mass is 363 g/mol. The number of benzene rings is 1. The van der Waals surface area contributed by atoms with Gasteiger partial charge in [0.25, 0.3) is 0 Å². The first-order chi connectivity index (χ1) is 12.2. The van der Waals surface area contributed by atoms with E-state index in [4.69, 9.17) is 4.74 Å². The van der Waals surface area contributed by atoms with Crippen molar-refractivity contribution in [1.29, 1.82) is 0 Å². The zero-order chi connectivity index (χ0) is 17.9. The molecule has 2 rings (SSSR count). The van der Waals surface area contributed by atoms with E-state index in [0.717, 1.165) is 5.56 Å². The molecule has 0 atom stereocenters. The number of nitrogens with one attached hydrogen (secondary N) is 2. The maximum atomic E-state index is 13.5. The predicted molar refractivity (Wildman–Crippen MR) is 98.2 cm³/mol. The summed E-state index contributed by atoms with van der Waals surface area (Å²) in [6.07, 6.45) is 1.65. The molecule has 7 heteroatoms. The zero-order valence-electron chi connectivity index (χ0n) is 14.1. The number of amides is 2. The minimum Gasteiger partial charge on any atom is -0.478 e. The molecule has 0 saturated heterocycles. The zero-order valence-corrected chi connectivity index (χ0v) is 14.9. The lowest BCUT2D eigenvalue weighted by atomic mass is 10.2. The van der Waals surface area contributed by atoms with E-state index in [-0.39, 0.29) is 11.8 Å². The molecule has 0 aliphatic rings. The maximum Gasteiger partial charge on any atom is 0.315 e. The second-order valence-electron chi connectivity index (χ2n) is 5.15. The lowest BCUT2D eigenvalue weighted by Crippen LogP contribution is -2.36. The Hall–Kier alpha value is -2.28. The van der Waals surface area contributed by atoms with Gasteiger partial charge in [-0.25, -0.2) is 14.2 Å².